The minimum absolute atomic E-state index is 0.256. The molecule has 0 fully saturated rings. The Bertz CT molecular complexity index is 539. The molecule has 0 aliphatic carbocycles. The number of halogens is 1. The topological polar surface area (TPSA) is 47.0 Å². The van der Waals surface area contributed by atoms with E-state index in [1.165, 1.54) is 17.8 Å². The molecule has 0 aliphatic heterocycles. The standard InChI is InChI=1S/C14H16FN3OS/c1-19-9-8-16-10-11-4-2-5-12(15)13(11)20-14-17-6-3-7-18-14/h2-7,16H,8-10H2,1H3. The summed E-state index contributed by atoms with van der Waals surface area (Å²) in [5.41, 5.74) is 0.888. The van der Waals surface area contributed by atoms with Gasteiger partial charge >= 0.3 is 0 Å². The lowest BCUT2D eigenvalue weighted by Crippen LogP contribution is -2.19. The average molecular weight is 293 g/mol. The van der Waals surface area contributed by atoms with Crippen LogP contribution in [0.2, 0.25) is 0 Å². The number of hydrogen-bond donors (Lipinski definition) is 1. The molecular formula is C14H16FN3OS. The quantitative estimate of drug-likeness (QED) is 0.628. The van der Waals surface area contributed by atoms with Crippen LogP contribution in [0.4, 0.5) is 4.39 Å². The molecule has 0 aliphatic rings. The first-order chi connectivity index (χ1) is 9.81. The minimum Gasteiger partial charge on any atom is -0.383 e. The van der Waals surface area contributed by atoms with Crippen molar-refractivity contribution in [3.8, 4) is 0 Å². The highest BCUT2D eigenvalue weighted by Crippen LogP contribution is 2.30. The number of rotatable bonds is 7. The molecule has 2 aromatic rings. The molecule has 0 saturated heterocycles. The van der Waals surface area contributed by atoms with Crippen LogP contribution >= 0.6 is 11.8 Å². The van der Waals surface area contributed by atoms with Gasteiger partial charge < -0.3 is 10.1 Å². The van der Waals surface area contributed by atoms with Gasteiger partial charge in [0.1, 0.15) is 5.82 Å². The molecule has 20 heavy (non-hydrogen) atoms. The lowest BCUT2D eigenvalue weighted by molar-refractivity contribution is 0.199. The van der Waals surface area contributed by atoms with Gasteiger partial charge in [-0.2, -0.15) is 0 Å². The third-order valence-corrected chi connectivity index (χ3v) is 3.64. The molecule has 2 rings (SSSR count). The Kier molecular flexibility index (Phi) is 5.91. The molecule has 0 radical (unpaired) electrons. The fraction of sp³-hybridized carbons (Fsp3) is 0.286. The van der Waals surface area contributed by atoms with Gasteiger partial charge in [0, 0.05) is 32.6 Å². The summed E-state index contributed by atoms with van der Waals surface area (Å²) in [7, 11) is 1.65. The van der Waals surface area contributed by atoms with Gasteiger partial charge in [-0.3, -0.25) is 0 Å². The molecule has 4 nitrogen and oxygen atoms in total. The van der Waals surface area contributed by atoms with Crippen molar-refractivity contribution in [2.45, 2.75) is 16.6 Å². The van der Waals surface area contributed by atoms with Crippen LogP contribution < -0.4 is 5.32 Å². The van der Waals surface area contributed by atoms with Crippen molar-refractivity contribution in [3.63, 3.8) is 0 Å². The van der Waals surface area contributed by atoms with Crippen molar-refractivity contribution in [3.05, 3.63) is 48.0 Å². The Hall–Kier alpha value is -1.50. The van der Waals surface area contributed by atoms with Crippen LogP contribution in [0, 0.1) is 5.82 Å². The maximum Gasteiger partial charge on any atom is 0.192 e. The van der Waals surface area contributed by atoms with Gasteiger partial charge in [0.15, 0.2) is 5.16 Å². The van der Waals surface area contributed by atoms with Crippen LogP contribution in [0.1, 0.15) is 5.56 Å². The molecule has 0 spiro atoms. The number of nitrogens with one attached hydrogen (secondary N) is 1. The Labute approximate surface area is 121 Å². The van der Waals surface area contributed by atoms with Gasteiger partial charge in [-0.15, -0.1) is 0 Å². The number of hydrogen-bond acceptors (Lipinski definition) is 5. The van der Waals surface area contributed by atoms with Crippen LogP contribution in [0.15, 0.2) is 46.7 Å². The lowest BCUT2D eigenvalue weighted by atomic mass is 10.2. The van der Waals surface area contributed by atoms with Crippen LogP contribution in [0.25, 0.3) is 0 Å². The number of ether oxygens (including phenoxy) is 1. The Morgan fingerprint density at radius 3 is 2.80 bits per heavy atom. The van der Waals surface area contributed by atoms with Crippen LogP contribution in [0.3, 0.4) is 0 Å². The summed E-state index contributed by atoms with van der Waals surface area (Å²) >= 11 is 1.24. The number of benzene rings is 1. The second-order valence-electron chi connectivity index (χ2n) is 4.03. The Morgan fingerprint density at radius 1 is 1.25 bits per heavy atom. The van der Waals surface area contributed by atoms with Crippen LogP contribution in [-0.4, -0.2) is 30.2 Å². The van der Waals surface area contributed by atoms with Crippen molar-refractivity contribution in [1.82, 2.24) is 15.3 Å². The second-order valence-corrected chi connectivity index (χ2v) is 5.01. The predicted octanol–water partition coefficient (Wildman–Crippen LogP) is 2.50. The summed E-state index contributed by atoms with van der Waals surface area (Å²) in [5, 5.41) is 3.75. The molecular weight excluding hydrogens is 277 g/mol. The predicted molar refractivity (Wildman–Crippen MR) is 76.1 cm³/mol. The third kappa shape index (κ3) is 4.26. The molecule has 0 amide bonds. The first-order valence-electron chi connectivity index (χ1n) is 6.23. The molecule has 0 saturated carbocycles. The third-order valence-electron chi connectivity index (χ3n) is 2.58. The SMILES string of the molecule is COCCNCc1cccc(F)c1Sc1ncccn1. The van der Waals surface area contributed by atoms with E-state index in [9.17, 15) is 4.39 Å². The number of methoxy groups -OCH3 is 1. The fourth-order valence-electron chi connectivity index (χ4n) is 1.63. The molecule has 1 aromatic heterocycles. The molecule has 0 bridgehead atoms. The molecule has 1 N–H and O–H groups in total. The van der Waals surface area contributed by atoms with E-state index >= 15 is 0 Å². The van der Waals surface area contributed by atoms with Crippen LogP contribution in [0.5, 0.6) is 0 Å². The highest BCUT2D eigenvalue weighted by molar-refractivity contribution is 7.99. The minimum atomic E-state index is -0.256. The van der Waals surface area contributed by atoms with E-state index in [2.05, 4.69) is 15.3 Å². The summed E-state index contributed by atoms with van der Waals surface area (Å²) in [5.74, 6) is -0.256. The molecule has 1 heterocycles. The maximum absolute atomic E-state index is 14.0. The highest BCUT2D eigenvalue weighted by Gasteiger charge is 2.11. The summed E-state index contributed by atoms with van der Waals surface area (Å²) in [4.78, 5) is 8.78. The van der Waals surface area contributed by atoms with E-state index in [0.29, 0.717) is 23.2 Å². The summed E-state index contributed by atoms with van der Waals surface area (Å²) < 4.78 is 18.9. The Morgan fingerprint density at radius 2 is 2.05 bits per heavy atom. The molecule has 6 heteroatoms. The van der Waals surface area contributed by atoms with E-state index in [0.717, 1.165) is 12.1 Å². The summed E-state index contributed by atoms with van der Waals surface area (Å²) in [6.07, 6.45) is 3.29. The zero-order chi connectivity index (χ0) is 14.2. The zero-order valence-electron chi connectivity index (χ0n) is 11.2. The number of nitrogens with zero attached hydrogens (tertiary/aromatic N) is 2. The average Bonchev–Trinajstić information content (AvgIpc) is 2.48. The second kappa shape index (κ2) is 7.94. The van der Waals surface area contributed by atoms with Gasteiger partial charge in [-0.05, 0) is 29.5 Å². The van der Waals surface area contributed by atoms with Crippen molar-refractivity contribution >= 4 is 11.8 Å². The van der Waals surface area contributed by atoms with E-state index < -0.39 is 0 Å². The van der Waals surface area contributed by atoms with E-state index in [1.807, 2.05) is 6.07 Å². The largest absolute Gasteiger partial charge is 0.383 e. The smallest absolute Gasteiger partial charge is 0.192 e. The van der Waals surface area contributed by atoms with Crippen molar-refractivity contribution in [1.29, 1.82) is 0 Å². The highest BCUT2D eigenvalue weighted by atomic mass is 32.2. The molecule has 106 valence electrons. The first kappa shape index (κ1) is 14.9. The van der Waals surface area contributed by atoms with Gasteiger partial charge in [0.25, 0.3) is 0 Å². The van der Waals surface area contributed by atoms with Crippen molar-refractivity contribution in [2.75, 3.05) is 20.3 Å². The summed E-state index contributed by atoms with van der Waals surface area (Å²) in [6.45, 7) is 1.93. The van der Waals surface area contributed by atoms with Gasteiger partial charge in [0.2, 0.25) is 0 Å². The zero-order valence-corrected chi connectivity index (χ0v) is 12.0. The monoisotopic (exact) mass is 293 g/mol. The van der Waals surface area contributed by atoms with Gasteiger partial charge in [0.05, 0.1) is 11.5 Å². The van der Waals surface area contributed by atoms with E-state index in [1.54, 1.807) is 31.6 Å². The molecule has 1 aromatic carbocycles. The first-order valence-corrected chi connectivity index (χ1v) is 7.05. The van der Waals surface area contributed by atoms with E-state index in [-0.39, 0.29) is 5.82 Å². The van der Waals surface area contributed by atoms with Crippen LogP contribution in [-0.2, 0) is 11.3 Å². The molecule has 0 atom stereocenters. The lowest BCUT2D eigenvalue weighted by Gasteiger charge is -2.10. The number of aromatic nitrogens is 2. The Balaban J connectivity index is 2.10. The molecule has 0 unspecified atom stereocenters. The van der Waals surface area contributed by atoms with Gasteiger partial charge in [-0.1, -0.05) is 12.1 Å². The normalized spacial score (nSPS) is 10.7. The van der Waals surface area contributed by atoms with E-state index in [4.69, 9.17) is 4.74 Å². The fourth-order valence-corrected chi connectivity index (χ4v) is 2.48. The van der Waals surface area contributed by atoms with Gasteiger partial charge in [-0.25, -0.2) is 14.4 Å². The van der Waals surface area contributed by atoms with Crippen molar-refractivity contribution < 1.29 is 9.13 Å². The van der Waals surface area contributed by atoms with Crippen molar-refractivity contribution in [2.24, 2.45) is 0 Å². The maximum atomic E-state index is 14.0. The summed E-state index contributed by atoms with van der Waals surface area (Å²) in [6, 6.07) is 6.79.